The number of nitrogens with two attached hydrogens (primary N) is 1. The molecule has 0 aromatic carbocycles. The fourth-order valence-corrected chi connectivity index (χ4v) is 3.02. The molecule has 0 spiro atoms. The second kappa shape index (κ2) is 6.34. The van der Waals surface area contributed by atoms with Gasteiger partial charge >= 0.3 is 0 Å². The molecule has 0 bridgehead atoms. The molecule has 4 heteroatoms. The summed E-state index contributed by atoms with van der Waals surface area (Å²) < 4.78 is 1.94. The normalized spacial score (nSPS) is 21.4. The van der Waals surface area contributed by atoms with E-state index in [-0.39, 0.29) is 0 Å². The summed E-state index contributed by atoms with van der Waals surface area (Å²) >= 11 is 0. The van der Waals surface area contributed by atoms with Gasteiger partial charge in [0.25, 0.3) is 0 Å². The summed E-state index contributed by atoms with van der Waals surface area (Å²) in [7, 11) is 2.01. The first-order chi connectivity index (χ1) is 8.72. The van der Waals surface area contributed by atoms with Gasteiger partial charge in [-0.3, -0.25) is 9.58 Å². The van der Waals surface area contributed by atoms with Gasteiger partial charge in [-0.25, -0.2) is 0 Å². The van der Waals surface area contributed by atoms with E-state index in [4.69, 9.17) is 5.73 Å². The Morgan fingerprint density at radius 1 is 1.50 bits per heavy atom. The zero-order valence-electron chi connectivity index (χ0n) is 11.7. The van der Waals surface area contributed by atoms with E-state index in [0.717, 1.165) is 25.4 Å². The Balaban J connectivity index is 1.95. The lowest BCUT2D eigenvalue weighted by Crippen LogP contribution is -2.35. The highest BCUT2D eigenvalue weighted by Crippen LogP contribution is 2.21. The second-order valence-electron chi connectivity index (χ2n) is 5.45. The minimum Gasteiger partial charge on any atom is -0.330 e. The number of aromatic nitrogens is 2. The van der Waals surface area contributed by atoms with Gasteiger partial charge in [0.15, 0.2) is 0 Å². The molecule has 2 N–H and O–H groups in total. The van der Waals surface area contributed by atoms with Crippen LogP contribution in [0.5, 0.6) is 0 Å². The molecule has 0 aliphatic carbocycles. The summed E-state index contributed by atoms with van der Waals surface area (Å²) in [6, 6.07) is 0. The third-order valence-corrected chi connectivity index (χ3v) is 3.90. The zero-order valence-corrected chi connectivity index (χ0v) is 11.7. The largest absolute Gasteiger partial charge is 0.330 e. The summed E-state index contributed by atoms with van der Waals surface area (Å²) in [5.74, 6) is 0.797. The Bertz CT molecular complexity index is 370. The van der Waals surface area contributed by atoms with E-state index in [9.17, 15) is 0 Å². The average molecular weight is 250 g/mol. The fourth-order valence-electron chi connectivity index (χ4n) is 3.02. The Morgan fingerprint density at radius 2 is 2.33 bits per heavy atom. The number of hydrogen-bond acceptors (Lipinski definition) is 3. The predicted octanol–water partition coefficient (Wildman–Crippen LogP) is 1.54. The van der Waals surface area contributed by atoms with Crippen molar-refractivity contribution in [2.75, 3.05) is 19.6 Å². The Morgan fingerprint density at radius 3 is 3.06 bits per heavy atom. The summed E-state index contributed by atoms with van der Waals surface area (Å²) in [5, 5.41) is 4.52. The van der Waals surface area contributed by atoms with Crippen LogP contribution in [0.25, 0.3) is 0 Å². The quantitative estimate of drug-likeness (QED) is 0.862. The van der Waals surface area contributed by atoms with Gasteiger partial charge in [0.05, 0.1) is 5.69 Å². The van der Waals surface area contributed by atoms with Crippen LogP contribution in [0, 0.1) is 5.92 Å². The van der Waals surface area contributed by atoms with Crippen LogP contribution in [0.4, 0.5) is 0 Å². The topological polar surface area (TPSA) is 47.1 Å². The molecule has 1 unspecified atom stereocenters. The molecule has 0 radical (unpaired) electrons. The second-order valence-corrected chi connectivity index (χ2v) is 5.45. The summed E-state index contributed by atoms with van der Waals surface area (Å²) in [5.41, 5.74) is 8.32. The van der Waals surface area contributed by atoms with Crippen molar-refractivity contribution in [3.05, 3.63) is 17.5 Å². The Labute approximate surface area is 110 Å². The molecule has 0 amide bonds. The van der Waals surface area contributed by atoms with E-state index in [1.165, 1.54) is 43.6 Å². The van der Waals surface area contributed by atoms with Crippen LogP contribution in [0.3, 0.4) is 0 Å². The molecule has 18 heavy (non-hydrogen) atoms. The monoisotopic (exact) mass is 250 g/mol. The minimum absolute atomic E-state index is 0.797. The van der Waals surface area contributed by atoms with Gasteiger partial charge in [-0.2, -0.15) is 5.10 Å². The lowest BCUT2D eigenvalue weighted by atomic mass is 9.94. The number of nitrogens with zero attached hydrogens (tertiary/aromatic N) is 3. The number of likely N-dealkylation sites (tertiary alicyclic amines) is 1. The third-order valence-electron chi connectivity index (χ3n) is 3.90. The van der Waals surface area contributed by atoms with Crippen LogP contribution in [0.1, 0.15) is 37.4 Å². The highest BCUT2D eigenvalue weighted by atomic mass is 15.3. The van der Waals surface area contributed by atoms with Gasteiger partial charge < -0.3 is 5.73 Å². The summed E-state index contributed by atoms with van der Waals surface area (Å²) in [4.78, 5) is 2.57. The summed E-state index contributed by atoms with van der Waals surface area (Å²) in [6.07, 6.45) is 7.03. The lowest BCUT2D eigenvalue weighted by molar-refractivity contribution is 0.162. The van der Waals surface area contributed by atoms with Crippen molar-refractivity contribution >= 4 is 0 Å². The van der Waals surface area contributed by atoms with Crippen molar-refractivity contribution in [1.82, 2.24) is 14.7 Å². The van der Waals surface area contributed by atoms with Crippen molar-refractivity contribution in [3.8, 4) is 0 Å². The molecule has 1 aliphatic heterocycles. The number of aryl methyl sites for hydroxylation is 2. The van der Waals surface area contributed by atoms with Crippen molar-refractivity contribution in [3.63, 3.8) is 0 Å². The van der Waals surface area contributed by atoms with Crippen LogP contribution in [-0.4, -0.2) is 34.3 Å². The molecule has 1 aliphatic rings. The maximum absolute atomic E-state index is 5.67. The molecule has 0 saturated carbocycles. The van der Waals surface area contributed by atoms with Gasteiger partial charge in [-0.15, -0.1) is 0 Å². The van der Waals surface area contributed by atoms with Crippen molar-refractivity contribution < 1.29 is 0 Å². The van der Waals surface area contributed by atoms with Crippen LogP contribution in [0.15, 0.2) is 6.20 Å². The zero-order chi connectivity index (χ0) is 13.0. The van der Waals surface area contributed by atoms with Crippen molar-refractivity contribution in [1.29, 1.82) is 0 Å². The molecule has 1 aromatic heterocycles. The van der Waals surface area contributed by atoms with Crippen molar-refractivity contribution in [2.24, 2.45) is 18.7 Å². The van der Waals surface area contributed by atoms with E-state index in [1.807, 2.05) is 11.7 Å². The van der Waals surface area contributed by atoms with Crippen LogP contribution in [0.2, 0.25) is 0 Å². The molecule has 1 saturated heterocycles. The molecular formula is C14H26N4. The molecule has 2 heterocycles. The highest BCUT2D eigenvalue weighted by molar-refractivity contribution is 5.16. The molecule has 1 aromatic rings. The molecule has 1 fully saturated rings. The molecular weight excluding hydrogens is 224 g/mol. The number of piperidine rings is 1. The van der Waals surface area contributed by atoms with Gasteiger partial charge in [0.1, 0.15) is 0 Å². The van der Waals surface area contributed by atoms with Crippen LogP contribution in [-0.2, 0) is 20.0 Å². The average Bonchev–Trinajstić information content (AvgIpc) is 2.70. The first-order valence-corrected chi connectivity index (χ1v) is 7.16. The molecule has 102 valence electrons. The van der Waals surface area contributed by atoms with Gasteiger partial charge in [0.2, 0.25) is 0 Å². The smallest absolute Gasteiger partial charge is 0.0666 e. The third kappa shape index (κ3) is 3.33. The maximum atomic E-state index is 5.67. The van der Waals surface area contributed by atoms with Crippen LogP contribution >= 0.6 is 0 Å². The first-order valence-electron chi connectivity index (χ1n) is 7.16. The van der Waals surface area contributed by atoms with Crippen molar-refractivity contribution in [2.45, 2.75) is 39.2 Å². The van der Waals surface area contributed by atoms with E-state index in [2.05, 4.69) is 23.1 Å². The van der Waals surface area contributed by atoms with E-state index < -0.39 is 0 Å². The number of rotatable bonds is 5. The van der Waals surface area contributed by atoms with E-state index in [1.54, 1.807) is 0 Å². The minimum atomic E-state index is 0.797. The van der Waals surface area contributed by atoms with Gasteiger partial charge in [-0.1, -0.05) is 6.92 Å². The Hall–Kier alpha value is -0.870. The number of hydrogen-bond donors (Lipinski definition) is 1. The molecule has 4 nitrogen and oxygen atoms in total. The summed E-state index contributed by atoms with van der Waals surface area (Å²) in [6.45, 7) is 6.48. The Kier molecular flexibility index (Phi) is 4.78. The highest BCUT2D eigenvalue weighted by Gasteiger charge is 2.20. The maximum Gasteiger partial charge on any atom is 0.0666 e. The first kappa shape index (κ1) is 13.6. The van der Waals surface area contributed by atoms with Gasteiger partial charge in [-0.05, 0) is 44.7 Å². The van der Waals surface area contributed by atoms with E-state index >= 15 is 0 Å². The fraction of sp³-hybridized carbons (Fsp3) is 0.786. The predicted molar refractivity (Wildman–Crippen MR) is 74.3 cm³/mol. The SMILES string of the molecule is CCc1nn(C)cc1CN1CCCC(CCN)C1. The van der Waals surface area contributed by atoms with Gasteiger partial charge in [0, 0.05) is 31.9 Å². The van der Waals surface area contributed by atoms with Crippen LogP contribution < -0.4 is 5.73 Å². The lowest BCUT2D eigenvalue weighted by Gasteiger charge is -2.32. The molecule has 1 atom stereocenters. The standard InChI is InChI=1S/C14H26N4/c1-3-14-13(10-17(2)16-14)11-18-8-4-5-12(9-18)6-7-15/h10,12H,3-9,11,15H2,1-2H3. The van der Waals surface area contributed by atoms with E-state index in [0.29, 0.717) is 0 Å². The molecule has 2 rings (SSSR count).